The molecule has 0 fully saturated rings. The Morgan fingerprint density at radius 2 is 2.06 bits per heavy atom. The van der Waals surface area contributed by atoms with Gasteiger partial charge in [-0.15, -0.1) is 0 Å². The Hall–Kier alpha value is -1.22. The van der Waals surface area contributed by atoms with Crippen molar-refractivity contribution in [2.24, 2.45) is 5.92 Å². The summed E-state index contributed by atoms with van der Waals surface area (Å²) in [6.07, 6.45) is 1.16. The normalized spacial score (nSPS) is 14.1. The molecular formula is C15H26N2O. The van der Waals surface area contributed by atoms with Crippen LogP contribution in [0.3, 0.4) is 0 Å². The van der Waals surface area contributed by atoms with Crippen molar-refractivity contribution in [3.63, 3.8) is 0 Å². The SMILES string of the molecule is CCC(C)C(COc1cccc(N(C)C)c1)NC. The largest absolute Gasteiger partial charge is 0.492 e. The molecule has 2 atom stereocenters. The van der Waals surface area contributed by atoms with Gasteiger partial charge in [-0.2, -0.15) is 0 Å². The summed E-state index contributed by atoms with van der Waals surface area (Å²) in [4.78, 5) is 2.08. The maximum atomic E-state index is 5.88. The Balaban J connectivity index is 2.59. The lowest BCUT2D eigenvalue weighted by Crippen LogP contribution is -2.37. The molecule has 0 aromatic heterocycles. The van der Waals surface area contributed by atoms with Gasteiger partial charge in [0.25, 0.3) is 0 Å². The van der Waals surface area contributed by atoms with Gasteiger partial charge in [-0.05, 0) is 25.1 Å². The van der Waals surface area contributed by atoms with Crippen molar-refractivity contribution in [1.82, 2.24) is 5.32 Å². The Morgan fingerprint density at radius 1 is 1.33 bits per heavy atom. The Morgan fingerprint density at radius 3 is 2.61 bits per heavy atom. The molecule has 0 saturated carbocycles. The van der Waals surface area contributed by atoms with Crippen molar-refractivity contribution in [3.05, 3.63) is 24.3 Å². The standard InChI is InChI=1S/C15H26N2O/c1-6-12(2)15(16-3)11-18-14-9-7-8-13(10-14)17(4)5/h7-10,12,15-16H,6,11H2,1-5H3. The number of anilines is 1. The monoisotopic (exact) mass is 250 g/mol. The Labute approximate surface area is 111 Å². The number of benzene rings is 1. The maximum Gasteiger partial charge on any atom is 0.121 e. The predicted octanol–water partition coefficient (Wildman–Crippen LogP) is 2.77. The van der Waals surface area contributed by atoms with Gasteiger partial charge in [0.1, 0.15) is 12.4 Å². The minimum Gasteiger partial charge on any atom is -0.492 e. The van der Waals surface area contributed by atoms with Gasteiger partial charge in [0.15, 0.2) is 0 Å². The summed E-state index contributed by atoms with van der Waals surface area (Å²) < 4.78 is 5.88. The van der Waals surface area contributed by atoms with E-state index in [2.05, 4.69) is 36.2 Å². The molecule has 0 aliphatic heterocycles. The topological polar surface area (TPSA) is 24.5 Å². The van der Waals surface area contributed by atoms with Gasteiger partial charge in [-0.1, -0.05) is 26.3 Å². The van der Waals surface area contributed by atoms with Gasteiger partial charge in [0.05, 0.1) is 0 Å². The molecule has 0 aliphatic rings. The van der Waals surface area contributed by atoms with E-state index in [9.17, 15) is 0 Å². The number of likely N-dealkylation sites (N-methyl/N-ethyl adjacent to an activating group) is 1. The van der Waals surface area contributed by atoms with Crippen LogP contribution in [0.1, 0.15) is 20.3 Å². The summed E-state index contributed by atoms with van der Waals surface area (Å²) in [5.41, 5.74) is 1.16. The second-order valence-corrected chi connectivity index (χ2v) is 4.98. The molecule has 0 radical (unpaired) electrons. The lowest BCUT2D eigenvalue weighted by atomic mass is 10.0. The number of hydrogen-bond acceptors (Lipinski definition) is 3. The van der Waals surface area contributed by atoms with Crippen molar-refractivity contribution < 1.29 is 4.74 Å². The molecule has 1 aromatic carbocycles. The highest BCUT2D eigenvalue weighted by Crippen LogP contribution is 2.20. The zero-order valence-corrected chi connectivity index (χ0v) is 12.2. The van der Waals surface area contributed by atoms with E-state index >= 15 is 0 Å². The molecule has 0 amide bonds. The lowest BCUT2D eigenvalue weighted by molar-refractivity contribution is 0.228. The van der Waals surface area contributed by atoms with Crippen molar-refractivity contribution in [2.75, 3.05) is 32.6 Å². The van der Waals surface area contributed by atoms with E-state index in [1.54, 1.807) is 0 Å². The summed E-state index contributed by atoms with van der Waals surface area (Å²) in [6.45, 7) is 5.17. The van der Waals surface area contributed by atoms with Crippen molar-refractivity contribution >= 4 is 5.69 Å². The highest BCUT2D eigenvalue weighted by atomic mass is 16.5. The quantitative estimate of drug-likeness (QED) is 0.805. The summed E-state index contributed by atoms with van der Waals surface area (Å²) in [6, 6.07) is 8.59. The molecule has 1 aromatic rings. The van der Waals surface area contributed by atoms with E-state index < -0.39 is 0 Å². The van der Waals surface area contributed by atoms with Crippen LogP contribution in [-0.2, 0) is 0 Å². The molecule has 3 nitrogen and oxygen atoms in total. The average Bonchev–Trinajstić information content (AvgIpc) is 2.39. The third-order valence-corrected chi connectivity index (χ3v) is 3.47. The third-order valence-electron chi connectivity index (χ3n) is 3.47. The number of nitrogens with one attached hydrogen (secondary N) is 1. The van der Waals surface area contributed by atoms with Crippen molar-refractivity contribution in [2.45, 2.75) is 26.3 Å². The predicted molar refractivity (Wildman–Crippen MR) is 78.6 cm³/mol. The molecule has 1 N–H and O–H groups in total. The third kappa shape index (κ3) is 4.22. The zero-order valence-electron chi connectivity index (χ0n) is 12.2. The second kappa shape index (κ2) is 7.27. The van der Waals surface area contributed by atoms with Crippen LogP contribution in [0.2, 0.25) is 0 Å². The Bertz CT molecular complexity index is 352. The fourth-order valence-corrected chi connectivity index (χ4v) is 1.85. The Kier molecular flexibility index (Phi) is 5.99. The van der Waals surface area contributed by atoms with Crippen molar-refractivity contribution in [1.29, 1.82) is 0 Å². The number of ether oxygens (including phenoxy) is 1. The molecule has 102 valence electrons. The summed E-state index contributed by atoms with van der Waals surface area (Å²) in [5, 5.41) is 3.32. The van der Waals surface area contributed by atoms with Crippen LogP contribution in [0.15, 0.2) is 24.3 Å². The second-order valence-electron chi connectivity index (χ2n) is 4.98. The first-order chi connectivity index (χ1) is 8.58. The highest BCUT2D eigenvalue weighted by Gasteiger charge is 2.14. The molecule has 0 aliphatic carbocycles. The van der Waals surface area contributed by atoms with E-state index in [0.717, 1.165) is 17.9 Å². The van der Waals surface area contributed by atoms with Gasteiger partial charge in [0, 0.05) is 31.9 Å². The van der Waals surface area contributed by atoms with Crippen LogP contribution in [-0.4, -0.2) is 33.8 Å². The van der Waals surface area contributed by atoms with E-state index in [0.29, 0.717) is 18.6 Å². The van der Waals surface area contributed by atoms with Gasteiger partial charge in [0.2, 0.25) is 0 Å². The molecule has 1 rings (SSSR count). The lowest BCUT2D eigenvalue weighted by Gasteiger charge is -2.23. The molecule has 0 spiro atoms. The van der Waals surface area contributed by atoms with Crippen LogP contribution in [0.5, 0.6) is 5.75 Å². The van der Waals surface area contributed by atoms with Crippen LogP contribution >= 0.6 is 0 Å². The van der Waals surface area contributed by atoms with Gasteiger partial charge >= 0.3 is 0 Å². The van der Waals surface area contributed by atoms with Gasteiger partial charge in [-0.25, -0.2) is 0 Å². The number of rotatable bonds is 7. The molecule has 3 heteroatoms. The van der Waals surface area contributed by atoms with E-state index in [1.807, 2.05) is 33.3 Å². The van der Waals surface area contributed by atoms with Crippen molar-refractivity contribution in [3.8, 4) is 5.75 Å². The van der Waals surface area contributed by atoms with Crippen LogP contribution < -0.4 is 15.0 Å². The van der Waals surface area contributed by atoms with Crippen LogP contribution in [0.4, 0.5) is 5.69 Å². The smallest absolute Gasteiger partial charge is 0.121 e. The molecular weight excluding hydrogens is 224 g/mol. The minimum atomic E-state index is 0.401. The molecule has 18 heavy (non-hydrogen) atoms. The first-order valence-corrected chi connectivity index (χ1v) is 6.66. The van der Waals surface area contributed by atoms with E-state index in [1.165, 1.54) is 0 Å². The summed E-state index contributed by atoms with van der Waals surface area (Å²) in [7, 11) is 6.07. The average molecular weight is 250 g/mol. The van der Waals surface area contributed by atoms with E-state index in [-0.39, 0.29) is 0 Å². The summed E-state index contributed by atoms with van der Waals surface area (Å²) in [5.74, 6) is 1.55. The van der Waals surface area contributed by atoms with E-state index in [4.69, 9.17) is 4.74 Å². The number of hydrogen-bond donors (Lipinski definition) is 1. The molecule has 0 saturated heterocycles. The molecule has 0 bridgehead atoms. The molecule has 0 heterocycles. The van der Waals surface area contributed by atoms with Gasteiger partial charge < -0.3 is 15.0 Å². The fraction of sp³-hybridized carbons (Fsp3) is 0.600. The van der Waals surface area contributed by atoms with Crippen LogP contribution in [0, 0.1) is 5.92 Å². The maximum absolute atomic E-state index is 5.88. The minimum absolute atomic E-state index is 0.401. The highest BCUT2D eigenvalue weighted by molar-refractivity contribution is 5.49. The zero-order chi connectivity index (χ0) is 13.5. The van der Waals surface area contributed by atoms with Gasteiger partial charge in [-0.3, -0.25) is 0 Å². The molecule has 2 unspecified atom stereocenters. The number of nitrogens with zero attached hydrogens (tertiary/aromatic N) is 1. The first kappa shape index (κ1) is 14.8. The van der Waals surface area contributed by atoms with Crippen LogP contribution in [0.25, 0.3) is 0 Å². The summed E-state index contributed by atoms with van der Waals surface area (Å²) >= 11 is 0. The first-order valence-electron chi connectivity index (χ1n) is 6.66. The fourth-order valence-electron chi connectivity index (χ4n) is 1.85.